The summed E-state index contributed by atoms with van der Waals surface area (Å²) in [4.78, 5) is 2.33. The third-order valence-corrected chi connectivity index (χ3v) is 7.12. The van der Waals surface area contributed by atoms with Gasteiger partial charge in [0.1, 0.15) is 5.75 Å². The molecule has 0 amide bonds. The van der Waals surface area contributed by atoms with Crippen molar-refractivity contribution in [3.05, 3.63) is 106 Å². The van der Waals surface area contributed by atoms with Gasteiger partial charge in [-0.25, -0.2) is 0 Å². The van der Waals surface area contributed by atoms with Crippen molar-refractivity contribution in [2.75, 3.05) is 18.6 Å². The van der Waals surface area contributed by atoms with Crippen molar-refractivity contribution in [1.82, 2.24) is 0 Å². The Hall–Kier alpha value is -3.35. The molecule has 195 valence electrons. The fourth-order valence-corrected chi connectivity index (χ4v) is 5.36. The average Bonchev–Trinajstić information content (AvgIpc) is 3.11. The van der Waals surface area contributed by atoms with Crippen molar-refractivity contribution >= 4 is 17.8 Å². The molecule has 3 aromatic carbocycles. The Labute approximate surface area is 230 Å². The second-order valence-corrected chi connectivity index (χ2v) is 9.62. The smallest absolute Gasteiger partial charge is 0.238 e. The Morgan fingerprint density at radius 2 is 1.70 bits per heavy atom. The van der Waals surface area contributed by atoms with Gasteiger partial charge in [-0.2, -0.15) is 5.10 Å². The molecule has 0 saturated carbocycles. The maximum Gasteiger partial charge on any atom is 0.238 e. The van der Waals surface area contributed by atoms with E-state index in [1.165, 1.54) is 33.5 Å². The number of hydrogen-bond donors (Lipinski definition) is 1. The molecular weight excluding hydrogens is 505 g/mol. The Morgan fingerprint density at radius 3 is 2.32 bits per heavy atom. The molecule has 1 unspecified atom stereocenters. The Kier molecular flexibility index (Phi) is 9.00. The molecule has 1 heterocycles. The van der Waals surface area contributed by atoms with Crippen molar-refractivity contribution in [1.29, 1.82) is 0 Å². The van der Waals surface area contributed by atoms with Crippen molar-refractivity contribution in [2.24, 2.45) is 10.2 Å². The molecule has 37 heavy (non-hydrogen) atoms. The van der Waals surface area contributed by atoms with Crippen LogP contribution in [0.3, 0.4) is 0 Å². The van der Waals surface area contributed by atoms with Gasteiger partial charge in [-0.3, -0.25) is 0 Å². The fourth-order valence-electron chi connectivity index (χ4n) is 5.36. The predicted octanol–water partition coefficient (Wildman–Crippen LogP) is 6.83. The number of likely N-dealkylation sites (N-methyl/N-ethyl adjacent to an activating group) is 1. The monoisotopic (exact) mass is 540 g/mol. The van der Waals surface area contributed by atoms with Crippen LogP contribution in [0.1, 0.15) is 47.2 Å². The summed E-state index contributed by atoms with van der Waals surface area (Å²) in [6, 6.07) is 20.1. The van der Waals surface area contributed by atoms with Gasteiger partial charge >= 0.3 is 0 Å². The first-order valence-corrected chi connectivity index (χ1v) is 12.4. The van der Waals surface area contributed by atoms with E-state index in [9.17, 15) is 5.11 Å². The molecule has 0 saturated heterocycles. The minimum Gasteiger partial charge on any atom is -0.497 e. The number of ether oxygens (including phenoxy) is 1. The molecule has 0 spiro atoms. The number of benzene rings is 3. The molecule has 0 aliphatic carbocycles. The maximum atomic E-state index is 10.3. The van der Waals surface area contributed by atoms with Crippen molar-refractivity contribution in [2.45, 2.75) is 46.5 Å². The molecule has 0 aromatic heterocycles. The third kappa shape index (κ3) is 5.65. The van der Waals surface area contributed by atoms with Gasteiger partial charge in [0.15, 0.2) is 0 Å². The van der Waals surface area contributed by atoms with E-state index in [1.54, 1.807) is 25.5 Å². The SMILES string of the molecule is CCN1\C(=C/C=N/N=C(\O)c2ccccc2)C(C)(Cc2c(C)cc(C)cc2C)c2cc(OC)ccc21.[Co]. The zero-order valence-corrected chi connectivity index (χ0v) is 23.4. The van der Waals surface area contributed by atoms with Crippen LogP contribution in [0.2, 0.25) is 0 Å². The first kappa shape index (κ1) is 28.2. The zero-order valence-electron chi connectivity index (χ0n) is 22.4. The van der Waals surface area contributed by atoms with Gasteiger partial charge in [0.2, 0.25) is 5.90 Å². The Balaban J connectivity index is 0.00000380. The molecule has 0 fully saturated rings. The van der Waals surface area contributed by atoms with E-state index in [1.807, 2.05) is 30.3 Å². The molecule has 1 aliphatic heterocycles. The number of allylic oxidation sites excluding steroid dienone is 2. The van der Waals surface area contributed by atoms with E-state index in [0.29, 0.717) is 5.56 Å². The van der Waals surface area contributed by atoms with E-state index >= 15 is 0 Å². The third-order valence-electron chi connectivity index (χ3n) is 7.12. The summed E-state index contributed by atoms with van der Waals surface area (Å²) >= 11 is 0. The second-order valence-electron chi connectivity index (χ2n) is 9.62. The average molecular weight is 541 g/mol. The normalized spacial score (nSPS) is 18.3. The van der Waals surface area contributed by atoms with Crippen LogP contribution in [-0.2, 0) is 28.6 Å². The zero-order chi connectivity index (χ0) is 25.9. The van der Waals surface area contributed by atoms with E-state index in [0.717, 1.165) is 24.4 Å². The molecule has 3 aromatic rings. The number of aliphatic hydroxyl groups is 1. The molecule has 0 bridgehead atoms. The van der Waals surface area contributed by atoms with E-state index in [-0.39, 0.29) is 28.1 Å². The topological polar surface area (TPSA) is 57.4 Å². The van der Waals surface area contributed by atoms with Crippen molar-refractivity contribution in [3.63, 3.8) is 0 Å². The van der Waals surface area contributed by atoms with Gasteiger partial charge < -0.3 is 14.7 Å². The molecular formula is C31H35CoN3O2. The summed E-state index contributed by atoms with van der Waals surface area (Å²) in [6.07, 6.45) is 4.55. The summed E-state index contributed by atoms with van der Waals surface area (Å²) in [5.41, 5.74) is 9.13. The summed E-state index contributed by atoms with van der Waals surface area (Å²) < 4.78 is 5.61. The minimum absolute atomic E-state index is 0. The molecule has 1 N–H and O–H groups in total. The largest absolute Gasteiger partial charge is 0.497 e. The van der Waals surface area contributed by atoms with Gasteiger partial charge in [-0.15, -0.1) is 5.10 Å². The molecule has 1 aliphatic rings. The summed E-state index contributed by atoms with van der Waals surface area (Å²) in [7, 11) is 1.71. The molecule has 5 nitrogen and oxygen atoms in total. The maximum absolute atomic E-state index is 10.3. The fraction of sp³-hybridized carbons (Fsp3) is 0.290. The number of aliphatic hydroxyl groups excluding tert-OH is 1. The standard InChI is InChI=1S/C31H35N3O2.Co/c1-7-34-28-14-13-25(36-6)19-27(28)31(5,20-26-22(3)17-21(2)18-23(26)4)29(34)15-16-32-33-30(35)24-11-9-8-10-12-24;/h8-19H,7,20H2,1-6H3,(H,33,35);/b29-15-,32-16+;. The van der Waals surface area contributed by atoms with Crippen LogP contribution in [0, 0.1) is 20.8 Å². The predicted molar refractivity (Wildman–Crippen MR) is 150 cm³/mol. The van der Waals surface area contributed by atoms with Crippen molar-refractivity contribution < 1.29 is 26.6 Å². The Bertz CT molecular complexity index is 1320. The minimum atomic E-state index is -0.304. The number of anilines is 1. The van der Waals surface area contributed by atoms with Crippen LogP contribution in [0.5, 0.6) is 5.75 Å². The van der Waals surface area contributed by atoms with Crippen LogP contribution in [0.25, 0.3) is 0 Å². The Morgan fingerprint density at radius 1 is 1.03 bits per heavy atom. The van der Waals surface area contributed by atoms with Crippen LogP contribution >= 0.6 is 0 Å². The molecule has 4 rings (SSSR count). The number of methoxy groups -OCH3 is 1. The molecule has 1 radical (unpaired) electrons. The number of nitrogens with zero attached hydrogens (tertiary/aromatic N) is 3. The van der Waals surface area contributed by atoms with Gasteiger partial charge in [0.25, 0.3) is 0 Å². The van der Waals surface area contributed by atoms with E-state index in [4.69, 9.17) is 4.74 Å². The summed E-state index contributed by atoms with van der Waals surface area (Å²) in [6.45, 7) is 11.8. The van der Waals surface area contributed by atoms with Crippen LogP contribution in [-0.4, -0.2) is 30.9 Å². The van der Waals surface area contributed by atoms with Crippen molar-refractivity contribution in [3.8, 4) is 5.75 Å². The second kappa shape index (κ2) is 11.8. The van der Waals surface area contributed by atoms with E-state index < -0.39 is 0 Å². The first-order chi connectivity index (χ1) is 17.3. The quantitative estimate of drug-likeness (QED) is 0.203. The van der Waals surface area contributed by atoms with Gasteiger partial charge in [-0.1, -0.05) is 35.9 Å². The molecule has 6 heteroatoms. The van der Waals surface area contributed by atoms with Gasteiger partial charge in [0, 0.05) is 45.7 Å². The molecule has 1 atom stereocenters. The van der Waals surface area contributed by atoms with Crippen LogP contribution in [0.4, 0.5) is 5.69 Å². The number of fused-ring (bicyclic) bond motifs is 1. The van der Waals surface area contributed by atoms with Gasteiger partial charge in [0.05, 0.1) is 13.3 Å². The number of hydrogen-bond acceptors (Lipinski definition) is 4. The van der Waals surface area contributed by atoms with Gasteiger partial charge in [-0.05, 0) is 99.7 Å². The van der Waals surface area contributed by atoms with Crippen LogP contribution < -0.4 is 9.64 Å². The summed E-state index contributed by atoms with van der Waals surface area (Å²) in [5.74, 6) is 0.742. The van der Waals surface area contributed by atoms with E-state index in [2.05, 4.69) is 74.0 Å². The number of aryl methyl sites for hydroxylation is 3. The first-order valence-electron chi connectivity index (χ1n) is 12.4. The number of rotatable bonds is 7. The summed E-state index contributed by atoms with van der Waals surface area (Å²) in [5, 5.41) is 18.5. The van der Waals surface area contributed by atoms with Crippen LogP contribution in [0.15, 0.2) is 82.6 Å².